The highest BCUT2D eigenvalue weighted by Crippen LogP contribution is 2.25. The highest BCUT2D eigenvalue weighted by molar-refractivity contribution is 5.98. The van der Waals surface area contributed by atoms with E-state index in [1.165, 1.54) is 12.1 Å². The molecular weight excluding hydrogens is 433 g/mol. The number of benzene rings is 2. The number of halogens is 1. The smallest absolute Gasteiger partial charge is 0.270 e. The van der Waals surface area contributed by atoms with Crippen LogP contribution in [0.2, 0.25) is 0 Å². The van der Waals surface area contributed by atoms with Crippen LogP contribution in [-0.2, 0) is 6.54 Å². The Morgan fingerprint density at radius 3 is 2.62 bits per heavy atom. The van der Waals surface area contributed by atoms with Crippen LogP contribution < -0.4 is 0 Å². The monoisotopic (exact) mass is 459 g/mol. The van der Waals surface area contributed by atoms with Gasteiger partial charge < -0.3 is 18.8 Å². The molecule has 34 heavy (non-hydrogen) atoms. The molecule has 0 saturated carbocycles. The number of rotatable bonds is 4. The van der Waals surface area contributed by atoms with Gasteiger partial charge in [-0.3, -0.25) is 9.59 Å². The van der Waals surface area contributed by atoms with E-state index < -0.39 is 5.82 Å². The van der Waals surface area contributed by atoms with Crippen LogP contribution in [0.25, 0.3) is 11.1 Å². The zero-order valence-corrected chi connectivity index (χ0v) is 19.2. The first-order chi connectivity index (χ1) is 16.4. The number of furan rings is 1. The number of carbonyl (C=O) groups excluding carboxylic acids is 2. The number of hydrogen-bond donors (Lipinski definition) is 0. The van der Waals surface area contributed by atoms with Gasteiger partial charge in [0.15, 0.2) is 0 Å². The van der Waals surface area contributed by atoms with Gasteiger partial charge in [0, 0.05) is 31.1 Å². The summed E-state index contributed by atoms with van der Waals surface area (Å²) in [6.07, 6.45) is 1.63. The second kappa shape index (κ2) is 8.82. The standard InChI is InChI=1S/C27H26FN3O3/c1-18-6-5-7-20(14-18)17-31-24(15-21-10-13-34-27(21)31)26(33)29-11-12-30(19(2)16-29)25(32)22-8-3-4-9-23(22)28/h3-10,13-15,19H,11-12,16-17H2,1-2H3/t19-/m0/s1. The van der Waals surface area contributed by atoms with Crippen molar-refractivity contribution >= 4 is 22.9 Å². The van der Waals surface area contributed by atoms with Gasteiger partial charge in [0.05, 0.1) is 18.4 Å². The average molecular weight is 460 g/mol. The van der Waals surface area contributed by atoms with Crippen molar-refractivity contribution in [2.75, 3.05) is 19.6 Å². The summed E-state index contributed by atoms with van der Waals surface area (Å²) in [4.78, 5) is 29.9. The van der Waals surface area contributed by atoms with Crippen molar-refractivity contribution in [3.8, 4) is 0 Å². The Labute approximate surface area is 197 Å². The van der Waals surface area contributed by atoms with E-state index in [4.69, 9.17) is 4.42 Å². The Morgan fingerprint density at radius 1 is 1.03 bits per heavy atom. The Hall–Kier alpha value is -3.87. The van der Waals surface area contributed by atoms with Crippen molar-refractivity contribution in [2.24, 2.45) is 0 Å². The highest BCUT2D eigenvalue weighted by Gasteiger charge is 2.33. The third-order valence-corrected chi connectivity index (χ3v) is 6.42. The molecule has 0 aliphatic carbocycles. The van der Waals surface area contributed by atoms with Crippen molar-refractivity contribution in [3.63, 3.8) is 0 Å². The Balaban J connectivity index is 1.37. The number of aromatic nitrogens is 1. The number of hydrogen-bond acceptors (Lipinski definition) is 3. The molecule has 0 bridgehead atoms. The fraction of sp³-hybridized carbons (Fsp3) is 0.259. The maximum atomic E-state index is 14.1. The van der Waals surface area contributed by atoms with E-state index in [0.717, 1.165) is 16.5 Å². The fourth-order valence-corrected chi connectivity index (χ4v) is 4.70. The van der Waals surface area contributed by atoms with E-state index in [2.05, 4.69) is 6.07 Å². The molecule has 0 radical (unpaired) electrons. The zero-order valence-electron chi connectivity index (χ0n) is 19.2. The maximum Gasteiger partial charge on any atom is 0.270 e. The fourth-order valence-electron chi connectivity index (χ4n) is 4.70. The molecule has 7 heteroatoms. The van der Waals surface area contributed by atoms with Crippen LogP contribution in [0.5, 0.6) is 0 Å². The number of fused-ring (bicyclic) bond motifs is 1. The molecule has 0 unspecified atom stereocenters. The molecule has 5 rings (SSSR count). The molecule has 0 N–H and O–H groups in total. The summed E-state index contributed by atoms with van der Waals surface area (Å²) in [5.41, 5.74) is 3.50. The van der Waals surface area contributed by atoms with Crippen molar-refractivity contribution < 1.29 is 18.4 Å². The highest BCUT2D eigenvalue weighted by atomic mass is 19.1. The topological polar surface area (TPSA) is 58.7 Å². The summed E-state index contributed by atoms with van der Waals surface area (Å²) in [5, 5.41) is 0.873. The minimum absolute atomic E-state index is 0.0570. The second-order valence-electron chi connectivity index (χ2n) is 8.86. The lowest BCUT2D eigenvalue weighted by atomic mass is 10.1. The summed E-state index contributed by atoms with van der Waals surface area (Å²) in [5.74, 6) is -0.989. The molecule has 2 aromatic carbocycles. The molecule has 1 aliphatic rings. The van der Waals surface area contributed by atoms with Crippen molar-refractivity contribution in [1.82, 2.24) is 14.4 Å². The first-order valence-corrected chi connectivity index (χ1v) is 11.4. The van der Waals surface area contributed by atoms with E-state index in [9.17, 15) is 14.0 Å². The van der Waals surface area contributed by atoms with Gasteiger partial charge >= 0.3 is 0 Å². The van der Waals surface area contributed by atoms with Gasteiger partial charge in [-0.05, 0) is 43.7 Å². The van der Waals surface area contributed by atoms with Crippen molar-refractivity contribution in [1.29, 1.82) is 0 Å². The van der Waals surface area contributed by atoms with Gasteiger partial charge in [0.2, 0.25) is 5.71 Å². The molecule has 0 spiro atoms. The lowest BCUT2D eigenvalue weighted by molar-refractivity contribution is 0.0406. The van der Waals surface area contributed by atoms with E-state index >= 15 is 0 Å². The second-order valence-corrected chi connectivity index (χ2v) is 8.86. The van der Waals surface area contributed by atoms with Crippen LogP contribution in [0.1, 0.15) is 38.9 Å². The summed E-state index contributed by atoms with van der Waals surface area (Å²) in [6.45, 7) is 5.53. The van der Waals surface area contributed by atoms with Crippen LogP contribution in [-0.4, -0.2) is 51.9 Å². The van der Waals surface area contributed by atoms with Crippen LogP contribution in [0.15, 0.2) is 71.3 Å². The number of aryl methyl sites for hydroxylation is 1. The largest absolute Gasteiger partial charge is 0.448 e. The van der Waals surface area contributed by atoms with Crippen LogP contribution in [0.3, 0.4) is 0 Å². The minimum Gasteiger partial charge on any atom is -0.448 e. The van der Waals surface area contributed by atoms with Gasteiger partial charge in [-0.25, -0.2) is 4.39 Å². The molecule has 1 fully saturated rings. The number of carbonyl (C=O) groups is 2. The van der Waals surface area contributed by atoms with Crippen molar-refractivity contribution in [2.45, 2.75) is 26.4 Å². The molecule has 4 aromatic rings. The number of amides is 2. The minimum atomic E-state index is -0.533. The molecule has 2 amide bonds. The maximum absolute atomic E-state index is 14.1. The molecular formula is C27H26FN3O3. The third kappa shape index (κ3) is 3.98. The van der Waals surface area contributed by atoms with E-state index in [0.29, 0.717) is 37.6 Å². The molecule has 1 aliphatic heterocycles. The SMILES string of the molecule is Cc1cccc(Cn2c(C(=O)N3CCN(C(=O)c4ccccc4F)[C@@H](C)C3)cc3ccoc32)c1. The summed E-state index contributed by atoms with van der Waals surface area (Å²) in [7, 11) is 0. The molecule has 174 valence electrons. The lowest BCUT2D eigenvalue weighted by Gasteiger charge is -2.40. The third-order valence-electron chi connectivity index (χ3n) is 6.42. The van der Waals surface area contributed by atoms with Crippen LogP contribution in [0.4, 0.5) is 4.39 Å². The number of nitrogens with zero attached hydrogens (tertiary/aromatic N) is 3. The number of piperazine rings is 1. The van der Waals surface area contributed by atoms with Gasteiger partial charge in [-0.1, -0.05) is 42.0 Å². The summed E-state index contributed by atoms with van der Waals surface area (Å²) >= 11 is 0. The zero-order chi connectivity index (χ0) is 23.8. The quantitative estimate of drug-likeness (QED) is 0.444. The normalized spacial score (nSPS) is 16.3. The van der Waals surface area contributed by atoms with E-state index in [1.807, 2.05) is 48.7 Å². The van der Waals surface area contributed by atoms with Crippen LogP contribution in [0, 0.1) is 12.7 Å². The Kier molecular flexibility index (Phi) is 5.69. The summed E-state index contributed by atoms with van der Waals surface area (Å²) in [6, 6.07) is 17.6. The van der Waals surface area contributed by atoms with Gasteiger partial charge in [-0.15, -0.1) is 0 Å². The van der Waals surface area contributed by atoms with E-state index in [-0.39, 0.29) is 23.4 Å². The van der Waals surface area contributed by atoms with Crippen LogP contribution >= 0.6 is 0 Å². The first-order valence-electron chi connectivity index (χ1n) is 11.4. The Bertz CT molecular complexity index is 1370. The molecule has 2 aromatic heterocycles. The molecule has 1 saturated heterocycles. The molecule has 3 heterocycles. The Morgan fingerprint density at radius 2 is 1.85 bits per heavy atom. The van der Waals surface area contributed by atoms with Crippen molar-refractivity contribution in [3.05, 3.63) is 95.1 Å². The molecule has 1 atom stereocenters. The van der Waals surface area contributed by atoms with Gasteiger partial charge in [-0.2, -0.15) is 0 Å². The van der Waals surface area contributed by atoms with Gasteiger partial charge in [0.25, 0.3) is 11.8 Å². The van der Waals surface area contributed by atoms with Gasteiger partial charge in [0.1, 0.15) is 11.5 Å². The van der Waals surface area contributed by atoms with E-state index in [1.54, 1.807) is 28.2 Å². The predicted molar refractivity (Wildman–Crippen MR) is 127 cm³/mol. The first kappa shape index (κ1) is 21.9. The predicted octanol–water partition coefficient (Wildman–Crippen LogP) is 4.72. The lowest BCUT2D eigenvalue weighted by Crippen LogP contribution is -2.55. The molecule has 6 nitrogen and oxygen atoms in total. The average Bonchev–Trinajstić information content (AvgIpc) is 3.41. The summed E-state index contributed by atoms with van der Waals surface area (Å²) < 4.78 is 21.8.